The van der Waals surface area contributed by atoms with Gasteiger partial charge in [-0.2, -0.15) is 13.2 Å². The molecule has 1 fully saturated rings. The maximum atomic E-state index is 12.6. The molecular weight excluding hydrogens is 343 g/mol. The molecular formula is C14H18F3N5OS. The Kier molecular flexibility index (Phi) is 4.77. The van der Waals surface area contributed by atoms with Crippen molar-refractivity contribution in [2.45, 2.75) is 26.4 Å². The van der Waals surface area contributed by atoms with Gasteiger partial charge in [0, 0.05) is 38.3 Å². The van der Waals surface area contributed by atoms with Crippen molar-refractivity contribution >= 4 is 16.5 Å². The van der Waals surface area contributed by atoms with E-state index in [9.17, 15) is 13.2 Å². The zero-order chi connectivity index (χ0) is 17.3. The molecule has 1 aliphatic rings. The van der Waals surface area contributed by atoms with Crippen molar-refractivity contribution in [2.24, 2.45) is 0 Å². The van der Waals surface area contributed by atoms with Gasteiger partial charge < -0.3 is 9.42 Å². The minimum absolute atomic E-state index is 0.340. The number of nitrogens with zero attached hydrogens (tertiary/aromatic N) is 5. The van der Waals surface area contributed by atoms with E-state index in [1.807, 2.05) is 18.7 Å². The maximum absolute atomic E-state index is 12.6. The molecule has 0 N–H and O–H groups in total. The Balaban J connectivity index is 1.52. The Hall–Kier alpha value is -1.68. The van der Waals surface area contributed by atoms with E-state index in [1.54, 1.807) is 0 Å². The van der Waals surface area contributed by atoms with Gasteiger partial charge in [0.2, 0.25) is 10.1 Å². The molecule has 0 unspecified atom stereocenters. The molecule has 132 valence electrons. The highest BCUT2D eigenvalue weighted by Gasteiger charge is 2.36. The molecule has 1 aliphatic heterocycles. The smallest absolute Gasteiger partial charge is 0.361 e. The number of aromatic nitrogens is 3. The van der Waals surface area contributed by atoms with Crippen LogP contribution in [-0.2, 0) is 12.6 Å². The lowest BCUT2D eigenvalue weighted by atomic mass is 10.1. The van der Waals surface area contributed by atoms with Crippen LogP contribution in [0.15, 0.2) is 4.52 Å². The van der Waals surface area contributed by atoms with Gasteiger partial charge in [0.1, 0.15) is 5.76 Å². The lowest BCUT2D eigenvalue weighted by Crippen LogP contribution is -2.47. The van der Waals surface area contributed by atoms with E-state index < -0.39 is 11.2 Å². The van der Waals surface area contributed by atoms with Crippen molar-refractivity contribution in [3.8, 4) is 0 Å². The number of alkyl halides is 3. The fraction of sp³-hybridized carbons (Fsp3) is 0.643. The molecule has 1 saturated heterocycles. The highest BCUT2D eigenvalue weighted by atomic mass is 32.1. The molecule has 3 rings (SSSR count). The summed E-state index contributed by atoms with van der Waals surface area (Å²) in [6.45, 7) is 7.57. The molecule has 0 atom stereocenters. The molecule has 2 aromatic heterocycles. The van der Waals surface area contributed by atoms with Crippen LogP contribution >= 0.6 is 11.3 Å². The van der Waals surface area contributed by atoms with Crippen LogP contribution in [0.5, 0.6) is 0 Å². The lowest BCUT2D eigenvalue weighted by Gasteiger charge is -2.34. The van der Waals surface area contributed by atoms with E-state index in [0.29, 0.717) is 29.6 Å². The van der Waals surface area contributed by atoms with E-state index >= 15 is 0 Å². The topological polar surface area (TPSA) is 58.3 Å². The maximum Gasteiger partial charge on any atom is 0.445 e. The number of halogens is 3. The fourth-order valence-corrected chi connectivity index (χ4v) is 3.51. The zero-order valence-corrected chi connectivity index (χ0v) is 14.2. The molecule has 24 heavy (non-hydrogen) atoms. The molecule has 0 amide bonds. The van der Waals surface area contributed by atoms with Gasteiger partial charge in [-0.05, 0) is 20.3 Å². The molecule has 3 heterocycles. The molecule has 0 saturated carbocycles. The summed E-state index contributed by atoms with van der Waals surface area (Å²) in [6, 6.07) is 0. The molecule has 0 bridgehead atoms. The second kappa shape index (κ2) is 6.67. The summed E-state index contributed by atoms with van der Waals surface area (Å²) in [5.41, 5.74) is 2.05. The van der Waals surface area contributed by atoms with E-state index in [-0.39, 0.29) is 0 Å². The Labute approximate surface area is 141 Å². The number of aryl methyl sites for hydroxylation is 2. The van der Waals surface area contributed by atoms with E-state index in [0.717, 1.165) is 43.1 Å². The highest BCUT2D eigenvalue weighted by molar-refractivity contribution is 7.15. The summed E-state index contributed by atoms with van der Waals surface area (Å²) in [7, 11) is 0. The second-order valence-electron chi connectivity index (χ2n) is 5.77. The third-order valence-electron chi connectivity index (χ3n) is 4.16. The quantitative estimate of drug-likeness (QED) is 0.834. The van der Waals surface area contributed by atoms with Gasteiger partial charge in [-0.15, -0.1) is 10.2 Å². The van der Waals surface area contributed by atoms with Gasteiger partial charge >= 0.3 is 6.18 Å². The molecule has 6 nitrogen and oxygen atoms in total. The second-order valence-corrected chi connectivity index (χ2v) is 6.72. The summed E-state index contributed by atoms with van der Waals surface area (Å²) >= 11 is 0.602. The molecule has 0 aliphatic carbocycles. The average molecular weight is 361 g/mol. The van der Waals surface area contributed by atoms with Crippen LogP contribution in [0.3, 0.4) is 0 Å². The van der Waals surface area contributed by atoms with Crippen molar-refractivity contribution in [2.75, 3.05) is 37.6 Å². The van der Waals surface area contributed by atoms with Gasteiger partial charge in [0.05, 0.1) is 5.69 Å². The van der Waals surface area contributed by atoms with Crippen LogP contribution in [0.4, 0.5) is 18.3 Å². The predicted octanol–water partition coefficient (Wildman–Crippen LogP) is 2.53. The van der Waals surface area contributed by atoms with Crippen molar-refractivity contribution in [3.63, 3.8) is 0 Å². The van der Waals surface area contributed by atoms with Crippen LogP contribution in [0, 0.1) is 13.8 Å². The van der Waals surface area contributed by atoms with Gasteiger partial charge in [-0.1, -0.05) is 16.5 Å². The first-order chi connectivity index (χ1) is 11.3. The summed E-state index contributed by atoms with van der Waals surface area (Å²) in [5, 5.41) is 10.3. The van der Waals surface area contributed by atoms with Gasteiger partial charge in [0.25, 0.3) is 0 Å². The summed E-state index contributed by atoms with van der Waals surface area (Å²) in [5.74, 6) is 0.847. The van der Waals surface area contributed by atoms with Crippen molar-refractivity contribution in [1.82, 2.24) is 20.3 Å². The largest absolute Gasteiger partial charge is 0.445 e. The standard InChI is InChI=1S/C14H18F3N5OS/c1-9-11(10(2)23-20-9)3-4-21-5-7-22(8-6-21)13-19-18-12(24-13)14(15,16)17/h3-8H2,1-2H3. The molecule has 0 radical (unpaired) electrons. The van der Waals surface area contributed by atoms with Gasteiger partial charge in [0.15, 0.2) is 0 Å². The third kappa shape index (κ3) is 3.69. The number of piperazine rings is 1. The zero-order valence-electron chi connectivity index (χ0n) is 13.4. The predicted molar refractivity (Wildman–Crippen MR) is 83.2 cm³/mol. The van der Waals surface area contributed by atoms with E-state index in [1.165, 1.54) is 0 Å². The number of hydrogen-bond donors (Lipinski definition) is 0. The first-order valence-electron chi connectivity index (χ1n) is 7.64. The van der Waals surface area contributed by atoms with Crippen LogP contribution in [0.2, 0.25) is 0 Å². The number of anilines is 1. The van der Waals surface area contributed by atoms with Crippen molar-refractivity contribution in [3.05, 3.63) is 22.0 Å². The third-order valence-corrected chi connectivity index (χ3v) is 5.19. The molecule has 10 heteroatoms. The number of hydrogen-bond acceptors (Lipinski definition) is 7. The average Bonchev–Trinajstić information content (AvgIpc) is 3.14. The van der Waals surface area contributed by atoms with E-state index in [2.05, 4.69) is 20.3 Å². The Morgan fingerprint density at radius 3 is 2.38 bits per heavy atom. The van der Waals surface area contributed by atoms with Crippen LogP contribution in [-0.4, -0.2) is 53.0 Å². The first kappa shape index (κ1) is 17.2. The summed E-state index contributed by atoms with van der Waals surface area (Å²) < 4.78 is 43.0. The van der Waals surface area contributed by atoms with E-state index in [4.69, 9.17) is 4.52 Å². The summed E-state index contributed by atoms with van der Waals surface area (Å²) in [6.07, 6.45) is -3.57. The molecule has 2 aromatic rings. The Bertz CT molecular complexity index is 671. The fourth-order valence-electron chi connectivity index (χ4n) is 2.75. The van der Waals surface area contributed by atoms with Crippen molar-refractivity contribution in [1.29, 1.82) is 0 Å². The number of rotatable bonds is 4. The van der Waals surface area contributed by atoms with Gasteiger partial charge in [-0.25, -0.2) is 0 Å². The lowest BCUT2D eigenvalue weighted by molar-refractivity contribution is -0.138. The first-order valence-corrected chi connectivity index (χ1v) is 8.46. The minimum Gasteiger partial charge on any atom is -0.361 e. The monoisotopic (exact) mass is 361 g/mol. The summed E-state index contributed by atoms with van der Waals surface area (Å²) in [4.78, 5) is 4.15. The molecule has 0 spiro atoms. The normalized spacial score (nSPS) is 16.8. The highest BCUT2D eigenvalue weighted by Crippen LogP contribution is 2.34. The SMILES string of the molecule is Cc1noc(C)c1CCN1CCN(c2nnc(C(F)(F)F)s2)CC1. The van der Waals surface area contributed by atoms with Crippen LogP contribution in [0.25, 0.3) is 0 Å². The van der Waals surface area contributed by atoms with Crippen LogP contribution < -0.4 is 4.90 Å². The minimum atomic E-state index is -4.42. The Morgan fingerprint density at radius 1 is 1.12 bits per heavy atom. The van der Waals surface area contributed by atoms with Gasteiger partial charge in [-0.3, -0.25) is 4.90 Å². The molecule has 0 aromatic carbocycles. The van der Waals surface area contributed by atoms with Crippen molar-refractivity contribution < 1.29 is 17.7 Å². The van der Waals surface area contributed by atoms with Crippen LogP contribution in [0.1, 0.15) is 22.0 Å². The Morgan fingerprint density at radius 2 is 1.83 bits per heavy atom.